The summed E-state index contributed by atoms with van der Waals surface area (Å²) < 4.78 is 5.51. The molecule has 0 fully saturated rings. The van der Waals surface area contributed by atoms with Gasteiger partial charge in [0.2, 0.25) is 0 Å². The van der Waals surface area contributed by atoms with E-state index < -0.39 is 0 Å². The molecule has 0 aliphatic heterocycles. The van der Waals surface area contributed by atoms with Gasteiger partial charge in [-0.1, -0.05) is 25.6 Å². The van der Waals surface area contributed by atoms with Gasteiger partial charge in [0.1, 0.15) is 5.75 Å². The monoisotopic (exact) mass is 293 g/mol. The third-order valence-electron chi connectivity index (χ3n) is 2.91. The molecule has 0 aliphatic carbocycles. The number of thioether (sulfide) groups is 1. The Kier molecular flexibility index (Phi) is 5.73. The smallest absolute Gasteiger partial charge is 0.166 e. The molecule has 4 nitrogen and oxygen atoms in total. The molecule has 20 heavy (non-hydrogen) atoms. The number of aromatic amines is 1. The van der Waals surface area contributed by atoms with Gasteiger partial charge in [-0.25, -0.2) is 4.98 Å². The van der Waals surface area contributed by atoms with E-state index in [2.05, 4.69) is 29.1 Å². The molecule has 2 rings (SSSR count). The van der Waals surface area contributed by atoms with E-state index in [0.717, 1.165) is 35.0 Å². The quantitative estimate of drug-likeness (QED) is 0.578. The maximum Gasteiger partial charge on any atom is 0.166 e. The second-order valence-corrected chi connectivity index (χ2v) is 6.21. The van der Waals surface area contributed by atoms with Gasteiger partial charge in [-0.3, -0.25) is 0 Å². The fourth-order valence-corrected chi connectivity index (χ4v) is 2.89. The standard InChI is InChI=1S/C15H23N3OS/c1-4-8-16-10-11(3)20-15-17-13-7-6-12(19-5-2)9-14(13)18-15/h6-7,9,11,16H,4-5,8,10H2,1-3H3,(H,17,18). The number of imidazole rings is 1. The Hall–Kier alpha value is -1.20. The van der Waals surface area contributed by atoms with Crippen LogP contribution >= 0.6 is 11.8 Å². The van der Waals surface area contributed by atoms with Crippen molar-refractivity contribution in [1.82, 2.24) is 15.3 Å². The van der Waals surface area contributed by atoms with E-state index in [1.165, 1.54) is 6.42 Å². The molecule has 0 bridgehead atoms. The lowest BCUT2D eigenvalue weighted by Gasteiger charge is -2.09. The Balaban J connectivity index is 2.00. The van der Waals surface area contributed by atoms with E-state index in [-0.39, 0.29) is 0 Å². The van der Waals surface area contributed by atoms with E-state index in [9.17, 15) is 0 Å². The highest BCUT2D eigenvalue weighted by atomic mass is 32.2. The van der Waals surface area contributed by atoms with Crippen molar-refractivity contribution in [1.29, 1.82) is 0 Å². The van der Waals surface area contributed by atoms with Crippen molar-refractivity contribution in [2.75, 3.05) is 19.7 Å². The lowest BCUT2D eigenvalue weighted by molar-refractivity contribution is 0.340. The predicted octanol–water partition coefficient (Wildman–Crippen LogP) is 3.44. The predicted molar refractivity (Wildman–Crippen MR) is 85.7 cm³/mol. The lowest BCUT2D eigenvalue weighted by Crippen LogP contribution is -2.23. The zero-order chi connectivity index (χ0) is 14.4. The second-order valence-electron chi connectivity index (χ2n) is 4.79. The lowest BCUT2D eigenvalue weighted by atomic mass is 10.3. The number of hydrogen-bond donors (Lipinski definition) is 2. The summed E-state index contributed by atoms with van der Waals surface area (Å²) in [6.07, 6.45) is 1.17. The van der Waals surface area contributed by atoms with Crippen molar-refractivity contribution < 1.29 is 4.74 Å². The first-order valence-corrected chi connectivity index (χ1v) is 8.10. The normalized spacial score (nSPS) is 12.8. The Bertz CT molecular complexity index is 541. The van der Waals surface area contributed by atoms with Crippen LogP contribution in [0.4, 0.5) is 0 Å². The number of hydrogen-bond acceptors (Lipinski definition) is 4. The Morgan fingerprint density at radius 2 is 2.25 bits per heavy atom. The average Bonchev–Trinajstić information content (AvgIpc) is 2.80. The van der Waals surface area contributed by atoms with Crippen molar-refractivity contribution in [3.63, 3.8) is 0 Å². The first-order valence-electron chi connectivity index (χ1n) is 7.22. The van der Waals surface area contributed by atoms with Crippen molar-refractivity contribution in [3.05, 3.63) is 18.2 Å². The van der Waals surface area contributed by atoms with Crippen LogP contribution in [0.25, 0.3) is 11.0 Å². The maximum absolute atomic E-state index is 5.51. The molecule has 110 valence electrons. The Labute approximate surface area is 124 Å². The van der Waals surface area contributed by atoms with Gasteiger partial charge in [0.25, 0.3) is 0 Å². The van der Waals surface area contributed by atoms with Gasteiger partial charge in [0, 0.05) is 17.9 Å². The summed E-state index contributed by atoms with van der Waals surface area (Å²) in [7, 11) is 0. The van der Waals surface area contributed by atoms with Crippen LogP contribution in [-0.4, -0.2) is 34.9 Å². The molecular weight excluding hydrogens is 270 g/mol. The average molecular weight is 293 g/mol. The van der Waals surface area contributed by atoms with Crippen LogP contribution in [0, 0.1) is 0 Å². The molecule has 1 heterocycles. The third kappa shape index (κ3) is 4.15. The summed E-state index contributed by atoms with van der Waals surface area (Å²) in [5.41, 5.74) is 2.02. The summed E-state index contributed by atoms with van der Waals surface area (Å²) in [4.78, 5) is 7.97. The fraction of sp³-hybridized carbons (Fsp3) is 0.533. The number of H-pyrrole nitrogens is 1. The van der Waals surface area contributed by atoms with E-state index >= 15 is 0 Å². The topological polar surface area (TPSA) is 49.9 Å². The molecule has 1 aromatic carbocycles. The Morgan fingerprint density at radius 1 is 1.40 bits per heavy atom. The van der Waals surface area contributed by atoms with Crippen LogP contribution < -0.4 is 10.1 Å². The van der Waals surface area contributed by atoms with Crippen LogP contribution in [0.15, 0.2) is 23.4 Å². The zero-order valence-electron chi connectivity index (χ0n) is 12.4. The summed E-state index contributed by atoms with van der Waals surface area (Å²) in [6.45, 7) is 9.14. The highest BCUT2D eigenvalue weighted by Crippen LogP contribution is 2.25. The van der Waals surface area contributed by atoms with Crippen LogP contribution in [-0.2, 0) is 0 Å². The van der Waals surface area contributed by atoms with Crippen molar-refractivity contribution in [2.24, 2.45) is 0 Å². The third-order valence-corrected chi connectivity index (χ3v) is 3.90. The molecule has 1 aromatic heterocycles. The molecule has 0 amide bonds. The largest absolute Gasteiger partial charge is 0.494 e. The molecule has 0 aliphatic rings. The van der Waals surface area contributed by atoms with Gasteiger partial charge in [-0.15, -0.1) is 0 Å². The molecule has 0 saturated heterocycles. The van der Waals surface area contributed by atoms with Gasteiger partial charge in [-0.2, -0.15) is 0 Å². The van der Waals surface area contributed by atoms with Crippen LogP contribution in [0.2, 0.25) is 0 Å². The highest BCUT2D eigenvalue weighted by Gasteiger charge is 2.09. The first-order chi connectivity index (χ1) is 9.72. The van der Waals surface area contributed by atoms with Crippen LogP contribution in [0.3, 0.4) is 0 Å². The van der Waals surface area contributed by atoms with Crippen molar-refractivity contribution >= 4 is 22.8 Å². The first kappa shape index (κ1) is 15.2. The van der Waals surface area contributed by atoms with E-state index in [4.69, 9.17) is 4.74 Å². The summed E-state index contributed by atoms with van der Waals surface area (Å²) in [6, 6.07) is 5.98. The van der Waals surface area contributed by atoms with E-state index in [1.807, 2.05) is 25.1 Å². The number of fused-ring (bicyclic) bond motifs is 1. The molecular formula is C15H23N3OS. The van der Waals surface area contributed by atoms with Gasteiger partial charge >= 0.3 is 0 Å². The number of rotatable bonds is 8. The number of benzene rings is 1. The van der Waals surface area contributed by atoms with E-state index in [1.54, 1.807) is 11.8 Å². The molecule has 2 N–H and O–H groups in total. The van der Waals surface area contributed by atoms with Crippen LogP contribution in [0.1, 0.15) is 27.2 Å². The Morgan fingerprint density at radius 3 is 3.00 bits per heavy atom. The fourth-order valence-electron chi connectivity index (χ4n) is 1.99. The molecule has 2 aromatic rings. The summed E-state index contributed by atoms with van der Waals surface area (Å²) in [5, 5.41) is 4.90. The molecule has 0 radical (unpaired) electrons. The minimum absolute atomic E-state index is 0.494. The van der Waals surface area contributed by atoms with Crippen molar-refractivity contribution in [3.8, 4) is 5.75 Å². The van der Waals surface area contributed by atoms with Gasteiger partial charge in [0.05, 0.1) is 17.6 Å². The summed E-state index contributed by atoms with van der Waals surface area (Å²) >= 11 is 1.77. The molecule has 5 heteroatoms. The molecule has 0 saturated carbocycles. The van der Waals surface area contributed by atoms with E-state index in [0.29, 0.717) is 11.9 Å². The highest BCUT2D eigenvalue weighted by molar-refractivity contribution is 7.99. The number of aromatic nitrogens is 2. The SMILES string of the molecule is CCCNCC(C)Sc1nc2ccc(OCC)cc2[nH]1. The van der Waals surface area contributed by atoms with Crippen LogP contribution in [0.5, 0.6) is 5.75 Å². The minimum Gasteiger partial charge on any atom is -0.494 e. The second kappa shape index (κ2) is 7.55. The zero-order valence-corrected chi connectivity index (χ0v) is 13.2. The number of nitrogens with one attached hydrogen (secondary N) is 2. The molecule has 1 atom stereocenters. The molecule has 0 spiro atoms. The van der Waals surface area contributed by atoms with Gasteiger partial charge < -0.3 is 15.0 Å². The number of nitrogens with zero attached hydrogens (tertiary/aromatic N) is 1. The van der Waals surface area contributed by atoms with Gasteiger partial charge in [-0.05, 0) is 32.0 Å². The van der Waals surface area contributed by atoms with Gasteiger partial charge in [0.15, 0.2) is 5.16 Å². The molecule has 1 unspecified atom stereocenters. The summed E-state index contributed by atoms with van der Waals surface area (Å²) in [5.74, 6) is 0.887. The van der Waals surface area contributed by atoms with Crippen molar-refractivity contribution in [2.45, 2.75) is 37.6 Å². The number of ether oxygens (including phenoxy) is 1. The maximum atomic E-state index is 5.51. The minimum atomic E-state index is 0.494.